The van der Waals surface area contributed by atoms with Gasteiger partial charge in [-0.1, -0.05) is 42.5 Å². The summed E-state index contributed by atoms with van der Waals surface area (Å²) >= 11 is 0. The first-order valence-corrected chi connectivity index (χ1v) is 10.8. The van der Waals surface area contributed by atoms with Gasteiger partial charge in [-0.3, -0.25) is 14.9 Å². The van der Waals surface area contributed by atoms with Crippen LogP contribution in [0.15, 0.2) is 78.9 Å². The topological polar surface area (TPSA) is 85.2 Å². The lowest BCUT2D eigenvalue weighted by Crippen LogP contribution is -2.50. The van der Waals surface area contributed by atoms with Crippen molar-refractivity contribution in [3.05, 3.63) is 94.5 Å². The maximum atomic E-state index is 12.6. The molecule has 8 heteroatoms. The van der Waals surface area contributed by atoms with Crippen LogP contribution in [-0.4, -0.2) is 48.5 Å². The molecule has 8 nitrogen and oxygen atoms in total. The minimum absolute atomic E-state index is 0.0598. The van der Waals surface area contributed by atoms with Crippen LogP contribution in [0.1, 0.15) is 5.56 Å². The Labute approximate surface area is 192 Å². The molecule has 3 aromatic carbocycles. The van der Waals surface area contributed by atoms with Gasteiger partial charge in [0.2, 0.25) is 0 Å². The lowest BCUT2D eigenvalue weighted by atomic mass is 10.2. The molecule has 1 fully saturated rings. The molecule has 1 amide bonds. The summed E-state index contributed by atoms with van der Waals surface area (Å²) in [5, 5.41) is 11.3. The summed E-state index contributed by atoms with van der Waals surface area (Å²) in [7, 11) is 0. The normalized spacial score (nSPS) is 13.5. The highest BCUT2D eigenvalue weighted by atomic mass is 16.6. The number of anilines is 1. The fourth-order valence-electron chi connectivity index (χ4n) is 3.69. The molecule has 170 valence electrons. The molecule has 0 aromatic heterocycles. The van der Waals surface area contributed by atoms with Crippen molar-refractivity contribution in [3.63, 3.8) is 0 Å². The first kappa shape index (κ1) is 22.1. The number of hydrogen-bond donors (Lipinski definition) is 0. The molecular weight excluding hydrogens is 422 g/mol. The summed E-state index contributed by atoms with van der Waals surface area (Å²) in [5.74, 6) is 1.21. The number of carbonyl (C=O) groups is 1. The third kappa shape index (κ3) is 5.79. The van der Waals surface area contributed by atoms with Gasteiger partial charge in [0.05, 0.1) is 4.92 Å². The van der Waals surface area contributed by atoms with Crippen molar-refractivity contribution < 1.29 is 19.2 Å². The molecule has 4 rings (SSSR count). The second-order valence-corrected chi connectivity index (χ2v) is 7.65. The van der Waals surface area contributed by atoms with E-state index >= 15 is 0 Å². The smallest absolute Gasteiger partial charge is 0.292 e. The molecular formula is C25H25N3O5. The summed E-state index contributed by atoms with van der Waals surface area (Å²) in [5.41, 5.74) is 1.75. The van der Waals surface area contributed by atoms with Gasteiger partial charge in [0.15, 0.2) is 6.61 Å². The molecule has 0 saturated carbocycles. The number of carbonyl (C=O) groups excluding carboxylic acids is 1. The molecule has 33 heavy (non-hydrogen) atoms. The molecule has 1 saturated heterocycles. The number of benzene rings is 3. The zero-order valence-electron chi connectivity index (χ0n) is 18.1. The summed E-state index contributed by atoms with van der Waals surface area (Å²) < 4.78 is 11.4. The van der Waals surface area contributed by atoms with Crippen LogP contribution >= 0.6 is 0 Å². The first-order chi connectivity index (χ1) is 16.1. The van der Waals surface area contributed by atoms with Crippen LogP contribution in [0.4, 0.5) is 11.4 Å². The number of ether oxygens (including phenoxy) is 2. The molecule has 0 N–H and O–H groups in total. The molecule has 1 heterocycles. The van der Waals surface area contributed by atoms with Crippen molar-refractivity contribution in [1.82, 2.24) is 4.90 Å². The highest BCUT2D eigenvalue weighted by Crippen LogP contribution is 2.28. The van der Waals surface area contributed by atoms with Gasteiger partial charge in [-0.15, -0.1) is 0 Å². The van der Waals surface area contributed by atoms with Gasteiger partial charge in [-0.25, -0.2) is 0 Å². The fraction of sp³-hybridized carbons (Fsp3) is 0.240. The van der Waals surface area contributed by atoms with E-state index in [0.717, 1.165) is 11.3 Å². The summed E-state index contributed by atoms with van der Waals surface area (Å²) in [6, 6.07) is 23.8. The Balaban J connectivity index is 1.23. The highest BCUT2D eigenvalue weighted by Gasteiger charge is 2.25. The highest BCUT2D eigenvalue weighted by molar-refractivity contribution is 5.78. The van der Waals surface area contributed by atoms with E-state index in [9.17, 15) is 14.9 Å². The predicted molar refractivity (Wildman–Crippen MR) is 125 cm³/mol. The van der Waals surface area contributed by atoms with Gasteiger partial charge >= 0.3 is 0 Å². The van der Waals surface area contributed by atoms with Gasteiger partial charge in [0.1, 0.15) is 23.8 Å². The zero-order valence-corrected chi connectivity index (χ0v) is 18.1. The molecule has 1 aliphatic rings. The summed E-state index contributed by atoms with van der Waals surface area (Å²) in [6.07, 6.45) is 0. The van der Waals surface area contributed by atoms with E-state index < -0.39 is 0 Å². The predicted octanol–water partition coefficient (Wildman–Crippen LogP) is 3.90. The Morgan fingerprint density at radius 3 is 2.09 bits per heavy atom. The van der Waals surface area contributed by atoms with Gasteiger partial charge < -0.3 is 19.3 Å². The number of hydrogen-bond acceptors (Lipinski definition) is 6. The maximum Gasteiger partial charge on any atom is 0.292 e. The van der Waals surface area contributed by atoms with E-state index in [-0.39, 0.29) is 23.1 Å². The summed E-state index contributed by atoms with van der Waals surface area (Å²) in [4.78, 5) is 27.1. The van der Waals surface area contributed by atoms with E-state index in [1.807, 2.05) is 47.4 Å². The molecule has 1 aliphatic heterocycles. The van der Waals surface area contributed by atoms with E-state index in [4.69, 9.17) is 9.47 Å². The number of nitro benzene ring substituents is 1. The number of rotatable bonds is 8. The average Bonchev–Trinajstić information content (AvgIpc) is 2.87. The third-order valence-corrected chi connectivity index (χ3v) is 5.49. The number of nitro groups is 1. The minimum atomic E-state index is -0.376. The second kappa shape index (κ2) is 10.5. The Morgan fingerprint density at radius 2 is 1.42 bits per heavy atom. The van der Waals surface area contributed by atoms with Crippen LogP contribution in [0.5, 0.6) is 11.5 Å². The average molecular weight is 447 g/mol. The van der Waals surface area contributed by atoms with Crippen LogP contribution < -0.4 is 14.4 Å². The van der Waals surface area contributed by atoms with Gasteiger partial charge in [-0.05, 0) is 35.9 Å². The van der Waals surface area contributed by atoms with Gasteiger partial charge in [-0.2, -0.15) is 0 Å². The van der Waals surface area contributed by atoms with Crippen molar-refractivity contribution in [2.75, 3.05) is 37.7 Å². The van der Waals surface area contributed by atoms with Gasteiger partial charge in [0.25, 0.3) is 11.6 Å². The number of piperazine rings is 1. The zero-order chi connectivity index (χ0) is 23.0. The molecule has 0 radical (unpaired) electrons. The Bertz CT molecular complexity index is 1080. The molecule has 0 spiro atoms. The Morgan fingerprint density at radius 1 is 0.818 bits per heavy atom. The maximum absolute atomic E-state index is 12.6. The minimum Gasteiger partial charge on any atom is -0.489 e. The largest absolute Gasteiger partial charge is 0.489 e. The van der Waals surface area contributed by atoms with Crippen LogP contribution in [0, 0.1) is 10.1 Å². The monoisotopic (exact) mass is 447 g/mol. The van der Waals surface area contributed by atoms with Crippen molar-refractivity contribution in [1.29, 1.82) is 0 Å². The number of para-hydroxylation sites is 2. The van der Waals surface area contributed by atoms with Crippen molar-refractivity contribution in [2.24, 2.45) is 0 Å². The van der Waals surface area contributed by atoms with E-state index in [1.165, 1.54) is 6.07 Å². The summed E-state index contributed by atoms with van der Waals surface area (Å²) in [6.45, 7) is 2.46. The van der Waals surface area contributed by atoms with Crippen LogP contribution in [-0.2, 0) is 11.4 Å². The number of amides is 1. The van der Waals surface area contributed by atoms with E-state index in [2.05, 4.69) is 0 Å². The second-order valence-electron chi connectivity index (χ2n) is 7.65. The molecule has 0 atom stereocenters. The third-order valence-electron chi connectivity index (χ3n) is 5.49. The molecule has 0 bridgehead atoms. The van der Waals surface area contributed by atoms with E-state index in [1.54, 1.807) is 35.2 Å². The fourth-order valence-corrected chi connectivity index (χ4v) is 3.69. The Hall–Kier alpha value is -4.07. The van der Waals surface area contributed by atoms with Crippen LogP contribution in [0.2, 0.25) is 0 Å². The van der Waals surface area contributed by atoms with Crippen molar-refractivity contribution in [2.45, 2.75) is 6.61 Å². The SMILES string of the molecule is O=C(COc1ccc(OCc2ccccc2)cc1)N1CCN(c2ccccc2[N+](=O)[O-])CC1. The van der Waals surface area contributed by atoms with Crippen LogP contribution in [0.3, 0.4) is 0 Å². The first-order valence-electron chi connectivity index (χ1n) is 10.8. The molecule has 0 unspecified atom stereocenters. The lowest BCUT2D eigenvalue weighted by Gasteiger charge is -2.35. The van der Waals surface area contributed by atoms with E-state index in [0.29, 0.717) is 44.2 Å². The molecule has 0 aliphatic carbocycles. The molecule has 3 aromatic rings. The van der Waals surface area contributed by atoms with Gasteiger partial charge in [0, 0.05) is 32.2 Å². The quantitative estimate of drug-likeness (QED) is 0.385. The van der Waals surface area contributed by atoms with Crippen LogP contribution in [0.25, 0.3) is 0 Å². The Kier molecular flexibility index (Phi) is 7.04. The number of nitrogens with zero attached hydrogens (tertiary/aromatic N) is 3. The van der Waals surface area contributed by atoms with Crippen molar-refractivity contribution >= 4 is 17.3 Å². The lowest BCUT2D eigenvalue weighted by molar-refractivity contribution is -0.384. The van der Waals surface area contributed by atoms with Crippen molar-refractivity contribution in [3.8, 4) is 11.5 Å². The standard InChI is InChI=1S/C25H25N3O5/c29-25(27-16-14-26(15-17-27)23-8-4-5-9-24(23)28(30)31)19-33-22-12-10-21(11-13-22)32-18-20-6-2-1-3-7-20/h1-13H,14-19H2.